The van der Waals surface area contributed by atoms with Gasteiger partial charge in [0, 0.05) is 0 Å². The van der Waals surface area contributed by atoms with E-state index in [4.69, 9.17) is 9.47 Å². The van der Waals surface area contributed by atoms with Gasteiger partial charge in [0.1, 0.15) is 11.5 Å². The second-order valence-corrected chi connectivity index (χ2v) is 13.5. The zero-order chi connectivity index (χ0) is 33.6. The lowest BCUT2D eigenvalue weighted by Gasteiger charge is -2.25. The molecule has 4 heteroatoms. The molecule has 0 unspecified atom stereocenters. The normalized spacial score (nSPS) is 16.0. The van der Waals surface area contributed by atoms with Crippen molar-refractivity contribution in [3.8, 4) is 33.8 Å². The van der Waals surface area contributed by atoms with Gasteiger partial charge in [0.25, 0.3) is 0 Å². The highest BCUT2D eigenvalue weighted by atomic mass is 16.5. The third kappa shape index (κ3) is 10.4. The van der Waals surface area contributed by atoms with Crippen LogP contribution in [0.4, 0.5) is 0 Å². The van der Waals surface area contributed by atoms with Crippen LogP contribution < -0.4 is 9.47 Å². The van der Waals surface area contributed by atoms with Gasteiger partial charge in [0.05, 0.1) is 11.8 Å². The lowest BCUT2D eigenvalue weighted by molar-refractivity contribution is -0.145. The molecular weight excluding hydrogens is 592 g/mol. The second kappa shape index (κ2) is 18.4. The summed E-state index contributed by atoms with van der Waals surface area (Å²) in [6.45, 7) is 4.48. The van der Waals surface area contributed by atoms with E-state index in [9.17, 15) is 9.59 Å². The number of carbonyl (C=O) groups is 2. The van der Waals surface area contributed by atoms with Gasteiger partial charge >= 0.3 is 11.9 Å². The molecule has 1 aliphatic rings. The van der Waals surface area contributed by atoms with Crippen molar-refractivity contribution < 1.29 is 19.1 Å². The van der Waals surface area contributed by atoms with Crippen LogP contribution in [0.25, 0.3) is 22.3 Å². The van der Waals surface area contributed by atoms with Crippen molar-refractivity contribution in [2.24, 2.45) is 11.8 Å². The molecule has 4 aromatic rings. The van der Waals surface area contributed by atoms with Crippen LogP contribution in [0.15, 0.2) is 97.1 Å². The number of hydrogen-bond donors (Lipinski definition) is 0. The number of unbranched alkanes of at least 4 members (excludes halogenated alkanes) is 6. The third-order valence-electron chi connectivity index (χ3n) is 9.75. The van der Waals surface area contributed by atoms with Gasteiger partial charge in [0.15, 0.2) is 0 Å². The summed E-state index contributed by atoms with van der Waals surface area (Å²) in [7, 11) is 0. The van der Waals surface area contributed by atoms with Gasteiger partial charge in [-0.15, -0.1) is 0 Å². The molecule has 0 atom stereocenters. The number of ether oxygens (including phenoxy) is 2. The Labute approximate surface area is 287 Å². The SMILES string of the molecule is CCCCCCc1ccc(-c2ccc(OC(=O)C3CCC(C(=O)Oc4ccc(-c5ccc(CCCCCC)cc5)cc4)CC3)cc2)cc1. The Morgan fingerprint density at radius 3 is 1.08 bits per heavy atom. The Morgan fingerprint density at radius 2 is 0.771 bits per heavy atom. The Balaban J connectivity index is 1.03. The molecule has 0 spiro atoms. The topological polar surface area (TPSA) is 52.6 Å². The second-order valence-electron chi connectivity index (χ2n) is 13.5. The number of aryl methyl sites for hydroxylation is 2. The van der Waals surface area contributed by atoms with Crippen LogP contribution in [0.5, 0.6) is 11.5 Å². The maximum absolute atomic E-state index is 13.0. The van der Waals surface area contributed by atoms with Gasteiger partial charge in [-0.3, -0.25) is 9.59 Å². The van der Waals surface area contributed by atoms with E-state index >= 15 is 0 Å². The van der Waals surface area contributed by atoms with Crippen molar-refractivity contribution in [3.63, 3.8) is 0 Å². The molecule has 1 saturated carbocycles. The number of benzene rings is 4. The molecule has 1 fully saturated rings. The first kappa shape index (κ1) is 35.1. The summed E-state index contributed by atoms with van der Waals surface area (Å²) in [5.41, 5.74) is 7.27. The highest BCUT2D eigenvalue weighted by molar-refractivity contribution is 5.78. The van der Waals surface area contributed by atoms with E-state index in [-0.39, 0.29) is 23.8 Å². The van der Waals surface area contributed by atoms with Crippen LogP contribution in [-0.4, -0.2) is 11.9 Å². The largest absolute Gasteiger partial charge is 0.426 e. The van der Waals surface area contributed by atoms with Crippen molar-refractivity contribution in [1.82, 2.24) is 0 Å². The smallest absolute Gasteiger partial charge is 0.314 e. The zero-order valence-electron chi connectivity index (χ0n) is 28.9. The highest BCUT2D eigenvalue weighted by Crippen LogP contribution is 2.32. The van der Waals surface area contributed by atoms with E-state index in [0.717, 1.165) is 35.1 Å². The molecule has 252 valence electrons. The minimum Gasteiger partial charge on any atom is -0.426 e. The average Bonchev–Trinajstić information content (AvgIpc) is 3.13. The molecule has 4 nitrogen and oxygen atoms in total. The third-order valence-corrected chi connectivity index (χ3v) is 9.75. The van der Waals surface area contributed by atoms with Crippen LogP contribution in [0.1, 0.15) is 102 Å². The summed E-state index contributed by atoms with van der Waals surface area (Å²) in [4.78, 5) is 25.9. The van der Waals surface area contributed by atoms with Crippen molar-refractivity contribution in [1.29, 1.82) is 0 Å². The standard InChI is InChI=1S/C44H52O4/c1-3-5-7-9-11-33-13-17-35(18-14-33)37-25-29-41(30-26-37)47-43(45)39-21-23-40(24-22-39)44(46)48-42-31-27-38(28-32-42)36-19-15-34(16-20-36)12-10-8-6-4-2/h13-20,25-32,39-40H,3-12,21-24H2,1-2H3. The van der Waals surface area contributed by atoms with Gasteiger partial charge < -0.3 is 9.47 Å². The van der Waals surface area contributed by atoms with Crippen LogP contribution in [-0.2, 0) is 22.4 Å². The molecule has 0 aromatic heterocycles. The van der Waals surface area contributed by atoms with E-state index in [0.29, 0.717) is 37.2 Å². The molecule has 0 N–H and O–H groups in total. The lowest BCUT2D eigenvalue weighted by Crippen LogP contribution is -2.30. The molecular formula is C44H52O4. The number of hydrogen-bond acceptors (Lipinski definition) is 4. The lowest BCUT2D eigenvalue weighted by atomic mass is 9.82. The minimum atomic E-state index is -0.220. The maximum atomic E-state index is 13.0. The van der Waals surface area contributed by atoms with Gasteiger partial charge in [-0.1, -0.05) is 125 Å². The number of rotatable bonds is 16. The maximum Gasteiger partial charge on any atom is 0.314 e. The Kier molecular flexibility index (Phi) is 13.5. The predicted octanol–water partition coefficient (Wildman–Crippen LogP) is 11.6. The molecule has 0 bridgehead atoms. The summed E-state index contributed by atoms with van der Waals surface area (Å²) in [6.07, 6.45) is 14.9. The quantitative estimate of drug-likeness (QED) is 0.0692. The average molecular weight is 645 g/mol. The Hall–Kier alpha value is -4.18. The van der Waals surface area contributed by atoms with Crippen molar-refractivity contribution >= 4 is 11.9 Å². The van der Waals surface area contributed by atoms with Crippen molar-refractivity contribution in [2.75, 3.05) is 0 Å². The van der Waals surface area contributed by atoms with Gasteiger partial charge in [-0.05, 0) is 109 Å². The number of carbonyl (C=O) groups excluding carboxylic acids is 2. The molecule has 0 heterocycles. The summed E-state index contributed by atoms with van der Waals surface area (Å²) in [5.74, 6) is 0.254. The monoisotopic (exact) mass is 644 g/mol. The molecule has 1 aliphatic carbocycles. The van der Waals surface area contributed by atoms with Gasteiger partial charge in [-0.2, -0.15) is 0 Å². The molecule has 5 rings (SSSR count). The van der Waals surface area contributed by atoms with E-state index in [1.807, 2.05) is 48.5 Å². The fourth-order valence-corrected chi connectivity index (χ4v) is 6.63. The Bertz CT molecular complexity index is 1420. The molecule has 48 heavy (non-hydrogen) atoms. The summed E-state index contributed by atoms with van der Waals surface area (Å²) in [5, 5.41) is 0. The van der Waals surface area contributed by atoms with E-state index in [2.05, 4.69) is 62.4 Å². The summed E-state index contributed by atoms with van der Waals surface area (Å²) < 4.78 is 11.5. The first-order chi connectivity index (χ1) is 23.5. The van der Waals surface area contributed by atoms with Gasteiger partial charge in [-0.25, -0.2) is 0 Å². The van der Waals surface area contributed by atoms with Crippen molar-refractivity contribution in [2.45, 2.75) is 104 Å². The van der Waals surface area contributed by atoms with Crippen LogP contribution in [0, 0.1) is 11.8 Å². The van der Waals surface area contributed by atoms with Crippen LogP contribution in [0.2, 0.25) is 0 Å². The zero-order valence-corrected chi connectivity index (χ0v) is 28.9. The molecule has 0 radical (unpaired) electrons. The Morgan fingerprint density at radius 1 is 0.458 bits per heavy atom. The summed E-state index contributed by atoms with van der Waals surface area (Å²) >= 11 is 0. The molecule has 0 amide bonds. The molecule has 0 aliphatic heterocycles. The van der Waals surface area contributed by atoms with E-state index in [1.54, 1.807) is 0 Å². The number of esters is 2. The van der Waals surface area contributed by atoms with Crippen LogP contribution >= 0.6 is 0 Å². The van der Waals surface area contributed by atoms with Crippen LogP contribution in [0.3, 0.4) is 0 Å². The minimum absolute atomic E-state index is 0.208. The predicted molar refractivity (Wildman–Crippen MR) is 196 cm³/mol. The van der Waals surface area contributed by atoms with Gasteiger partial charge in [0.2, 0.25) is 0 Å². The fourth-order valence-electron chi connectivity index (χ4n) is 6.63. The molecule has 0 saturated heterocycles. The first-order valence-electron chi connectivity index (χ1n) is 18.3. The fraction of sp³-hybridized carbons (Fsp3) is 0.409. The first-order valence-corrected chi connectivity index (χ1v) is 18.3. The summed E-state index contributed by atoms with van der Waals surface area (Å²) in [6, 6.07) is 33.0. The van der Waals surface area contributed by atoms with Crippen molar-refractivity contribution in [3.05, 3.63) is 108 Å². The molecule has 4 aromatic carbocycles. The van der Waals surface area contributed by atoms with E-state index in [1.165, 1.54) is 62.5 Å². The van der Waals surface area contributed by atoms with E-state index < -0.39 is 0 Å². The highest BCUT2D eigenvalue weighted by Gasteiger charge is 2.32.